The molecular weight excluding hydrogens is 300 g/mol. The second kappa shape index (κ2) is 5.37. The van der Waals surface area contributed by atoms with E-state index in [1.54, 1.807) is 12.1 Å². The first-order chi connectivity index (χ1) is 8.61. The van der Waals surface area contributed by atoms with Crippen LogP contribution in [0.2, 0.25) is 0 Å². The zero-order valence-electron chi connectivity index (χ0n) is 9.64. The van der Waals surface area contributed by atoms with E-state index in [1.165, 1.54) is 7.11 Å². The highest BCUT2D eigenvalue weighted by Gasteiger charge is 2.13. The lowest BCUT2D eigenvalue weighted by Gasteiger charge is -2.10. The average Bonchev–Trinajstić information content (AvgIpc) is 2.35. The van der Waals surface area contributed by atoms with Crippen LogP contribution in [0.3, 0.4) is 0 Å². The highest BCUT2D eigenvalue weighted by Crippen LogP contribution is 2.28. The minimum Gasteiger partial charge on any atom is -0.478 e. The maximum absolute atomic E-state index is 11.2. The number of halogens is 1. The molecule has 0 aliphatic carbocycles. The molecule has 0 saturated heterocycles. The molecule has 0 radical (unpaired) electrons. The van der Waals surface area contributed by atoms with Crippen molar-refractivity contribution in [2.24, 2.45) is 0 Å². The summed E-state index contributed by atoms with van der Waals surface area (Å²) in [6.07, 6.45) is 0. The Hall–Kier alpha value is -1.59. The van der Waals surface area contributed by atoms with E-state index in [-0.39, 0.29) is 12.4 Å². The molecule has 0 aliphatic heterocycles. The van der Waals surface area contributed by atoms with E-state index in [2.05, 4.69) is 15.9 Å². The van der Waals surface area contributed by atoms with Gasteiger partial charge in [-0.1, -0.05) is 22.0 Å². The van der Waals surface area contributed by atoms with Crippen LogP contribution in [0.1, 0.15) is 10.4 Å². The monoisotopic (exact) mass is 310 g/mol. The highest BCUT2D eigenvalue weighted by molar-refractivity contribution is 9.10. The summed E-state index contributed by atoms with van der Waals surface area (Å²) in [4.78, 5) is 11.2. The summed E-state index contributed by atoms with van der Waals surface area (Å²) in [7, 11) is 1.48. The van der Waals surface area contributed by atoms with Crippen molar-refractivity contribution in [3.05, 3.63) is 40.4 Å². The lowest BCUT2D eigenvalue weighted by Crippen LogP contribution is -2.05. The average molecular weight is 311 g/mol. The molecule has 18 heavy (non-hydrogen) atoms. The van der Waals surface area contributed by atoms with Crippen LogP contribution in [0.25, 0.3) is 10.8 Å². The predicted molar refractivity (Wildman–Crippen MR) is 71.1 cm³/mol. The molecule has 1 N–H and O–H groups in total. The second-order valence-corrected chi connectivity index (χ2v) is 4.61. The fourth-order valence-corrected chi connectivity index (χ4v) is 2.04. The van der Waals surface area contributed by atoms with E-state index >= 15 is 0 Å². The van der Waals surface area contributed by atoms with Crippen molar-refractivity contribution < 1.29 is 19.4 Å². The number of aromatic carboxylic acids is 1. The summed E-state index contributed by atoms with van der Waals surface area (Å²) in [5.41, 5.74) is 0.123. The van der Waals surface area contributed by atoms with Crippen LogP contribution < -0.4 is 4.74 Å². The molecule has 0 fully saturated rings. The van der Waals surface area contributed by atoms with Crippen molar-refractivity contribution in [2.45, 2.75) is 0 Å². The Morgan fingerprint density at radius 1 is 1.28 bits per heavy atom. The Morgan fingerprint density at radius 3 is 2.72 bits per heavy atom. The Kier molecular flexibility index (Phi) is 3.84. The van der Waals surface area contributed by atoms with Crippen LogP contribution in [-0.2, 0) is 4.74 Å². The van der Waals surface area contributed by atoms with Crippen LogP contribution >= 0.6 is 15.9 Å². The fourth-order valence-electron chi connectivity index (χ4n) is 1.66. The molecule has 2 aromatic rings. The Labute approximate surface area is 112 Å². The molecule has 0 aliphatic rings. The quantitative estimate of drug-likeness (QED) is 0.880. The van der Waals surface area contributed by atoms with Crippen LogP contribution in [0.4, 0.5) is 0 Å². The summed E-state index contributed by atoms with van der Waals surface area (Å²) in [6.45, 7) is 0.0162. The van der Waals surface area contributed by atoms with Crippen LogP contribution in [0, 0.1) is 0 Å². The summed E-state index contributed by atoms with van der Waals surface area (Å²) in [5, 5.41) is 10.9. The molecule has 0 amide bonds. The Balaban J connectivity index is 2.57. The van der Waals surface area contributed by atoms with Gasteiger partial charge in [-0.3, -0.25) is 0 Å². The summed E-state index contributed by atoms with van der Waals surface area (Å²) >= 11 is 3.36. The van der Waals surface area contributed by atoms with Gasteiger partial charge in [0.05, 0.1) is 0 Å². The van der Waals surface area contributed by atoms with Crippen molar-refractivity contribution in [1.82, 2.24) is 0 Å². The van der Waals surface area contributed by atoms with E-state index in [0.29, 0.717) is 5.75 Å². The second-order valence-electron chi connectivity index (χ2n) is 3.70. The molecule has 0 unspecified atom stereocenters. The minimum atomic E-state index is -1.03. The summed E-state index contributed by atoms with van der Waals surface area (Å²) < 4.78 is 11.0. The van der Waals surface area contributed by atoms with Gasteiger partial charge in [0.1, 0.15) is 11.3 Å². The lowest BCUT2D eigenvalue weighted by atomic mass is 10.1. The first-order valence-corrected chi connectivity index (χ1v) is 5.99. The number of carboxylic acids is 1. The van der Waals surface area contributed by atoms with Gasteiger partial charge in [0, 0.05) is 11.6 Å². The summed E-state index contributed by atoms with van der Waals surface area (Å²) in [6, 6.07) is 8.94. The van der Waals surface area contributed by atoms with Gasteiger partial charge in [0.15, 0.2) is 6.79 Å². The number of hydrogen-bond acceptors (Lipinski definition) is 3. The largest absolute Gasteiger partial charge is 0.478 e. The molecule has 4 nitrogen and oxygen atoms in total. The third-order valence-corrected chi connectivity index (χ3v) is 2.96. The van der Waals surface area contributed by atoms with Gasteiger partial charge in [-0.25, -0.2) is 4.79 Å². The topological polar surface area (TPSA) is 55.8 Å². The van der Waals surface area contributed by atoms with Gasteiger partial charge >= 0.3 is 5.97 Å². The van der Waals surface area contributed by atoms with E-state index in [0.717, 1.165) is 15.2 Å². The third kappa shape index (κ3) is 2.63. The number of benzene rings is 2. The highest BCUT2D eigenvalue weighted by atomic mass is 79.9. The molecule has 0 bridgehead atoms. The fraction of sp³-hybridized carbons (Fsp3) is 0.154. The molecule has 5 heteroatoms. The molecule has 0 spiro atoms. The Morgan fingerprint density at radius 2 is 2.06 bits per heavy atom. The number of rotatable bonds is 4. The van der Waals surface area contributed by atoms with Crippen molar-refractivity contribution in [3.8, 4) is 5.75 Å². The number of fused-ring (bicyclic) bond motifs is 1. The molecule has 0 heterocycles. The minimum absolute atomic E-state index is 0.0162. The van der Waals surface area contributed by atoms with Crippen molar-refractivity contribution in [1.29, 1.82) is 0 Å². The maximum Gasteiger partial charge on any atom is 0.339 e. The van der Waals surface area contributed by atoms with E-state index in [1.807, 2.05) is 18.2 Å². The van der Waals surface area contributed by atoms with Crippen LogP contribution in [0.15, 0.2) is 34.8 Å². The maximum atomic E-state index is 11.2. The van der Waals surface area contributed by atoms with E-state index < -0.39 is 5.97 Å². The standard InChI is InChI=1S/C13H11BrO4/c1-17-7-18-12-6-8-2-3-10(14)4-9(8)5-11(12)13(15)16/h2-6H,7H2,1H3,(H,15,16). The van der Waals surface area contributed by atoms with Crippen molar-refractivity contribution in [2.75, 3.05) is 13.9 Å². The van der Waals surface area contributed by atoms with Gasteiger partial charge in [0.2, 0.25) is 0 Å². The van der Waals surface area contributed by atoms with Gasteiger partial charge in [-0.2, -0.15) is 0 Å². The van der Waals surface area contributed by atoms with E-state index in [9.17, 15) is 4.79 Å². The molecular formula is C13H11BrO4. The first-order valence-electron chi connectivity index (χ1n) is 5.20. The van der Waals surface area contributed by atoms with Crippen LogP contribution in [0.5, 0.6) is 5.75 Å². The molecule has 0 atom stereocenters. The number of carboxylic acid groups (broad SMARTS) is 1. The van der Waals surface area contributed by atoms with Crippen molar-refractivity contribution in [3.63, 3.8) is 0 Å². The van der Waals surface area contributed by atoms with Gasteiger partial charge in [0.25, 0.3) is 0 Å². The number of carbonyl (C=O) groups is 1. The first kappa shape index (κ1) is 12.9. The number of methoxy groups -OCH3 is 1. The molecule has 0 aromatic heterocycles. The number of ether oxygens (including phenoxy) is 2. The molecule has 2 rings (SSSR count). The molecule has 0 saturated carbocycles. The summed E-state index contributed by atoms with van der Waals surface area (Å²) in [5.74, 6) is -0.720. The van der Waals surface area contributed by atoms with Gasteiger partial charge in [-0.15, -0.1) is 0 Å². The normalized spacial score (nSPS) is 10.6. The molecule has 94 valence electrons. The van der Waals surface area contributed by atoms with E-state index in [4.69, 9.17) is 14.6 Å². The predicted octanol–water partition coefficient (Wildman–Crippen LogP) is 3.28. The van der Waals surface area contributed by atoms with Gasteiger partial charge < -0.3 is 14.6 Å². The van der Waals surface area contributed by atoms with Gasteiger partial charge in [-0.05, 0) is 35.0 Å². The SMILES string of the molecule is COCOc1cc2ccc(Br)cc2cc1C(=O)O. The molecule has 2 aromatic carbocycles. The van der Waals surface area contributed by atoms with Crippen LogP contribution in [-0.4, -0.2) is 25.0 Å². The zero-order chi connectivity index (χ0) is 13.1. The smallest absolute Gasteiger partial charge is 0.339 e. The number of hydrogen-bond donors (Lipinski definition) is 1. The third-order valence-electron chi connectivity index (χ3n) is 2.46. The van der Waals surface area contributed by atoms with Crippen molar-refractivity contribution >= 4 is 32.7 Å². The zero-order valence-corrected chi connectivity index (χ0v) is 11.2. The Bertz CT molecular complexity index is 595. The lowest BCUT2D eigenvalue weighted by molar-refractivity contribution is 0.0485.